The standard InChI is InChI=1S/C10H8ClFO3/c1-15-10(14)4-6-7(5-13)8(11)2-3-9(6)12/h2-3,5H,4H2,1H3. The van der Waals surface area contributed by atoms with Crippen molar-refractivity contribution in [2.75, 3.05) is 7.11 Å². The molecule has 0 radical (unpaired) electrons. The van der Waals surface area contributed by atoms with Crippen molar-refractivity contribution in [2.45, 2.75) is 6.42 Å². The van der Waals surface area contributed by atoms with Crippen LogP contribution in [0.25, 0.3) is 0 Å². The van der Waals surface area contributed by atoms with E-state index in [4.69, 9.17) is 11.6 Å². The maximum Gasteiger partial charge on any atom is 0.310 e. The Hall–Kier alpha value is -1.42. The smallest absolute Gasteiger partial charge is 0.310 e. The Balaban J connectivity index is 3.19. The second-order valence-electron chi connectivity index (χ2n) is 2.79. The van der Waals surface area contributed by atoms with Gasteiger partial charge < -0.3 is 4.74 Å². The highest BCUT2D eigenvalue weighted by Gasteiger charge is 2.15. The first-order valence-electron chi connectivity index (χ1n) is 4.09. The lowest BCUT2D eigenvalue weighted by molar-refractivity contribution is -0.139. The van der Waals surface area contributed by atoms with Crippen LogP contribution in [0.2, 0.25) is 5.02 Å². The van der Waals surface area contributed by atoms with Gasteiger partial charge in [-0.15, -0.1) is 0 Å². The summed E-state index contributed by atoms with van der Waals surface area (Å²) in [5.74, 6) is -1.27. The van der Waals surface area contributed by atoms with Crippen molar-refractivity contribution in [2.24, 2.45) is 0 Å². The first kappa shape index (κ1) is 11.7. The van der Waals surface area contributed by atoms with Gasteiger partial charge in [0.1, 0.15) is 5.82 Å². The van der Waals surface area contributed by atoms with Gasteiger partial charge in [0.2, 0.25) is 0 Å². The Morgan fingerprint density at radius 2 is 2.27 bits per heavy atom. The SMILES string of the molecule is COC(=O)Cc1c(F)ccc(Cl)c1C=O. The van der Waals surface area contributed by atoms with E-state index in [1.54, 1.807) is 0 Å². The molecule has 0 aliphatic carbocycles. The van der Waals surface area contributed by atoms with E-state index in [1.807, 2.05) is 0 Å². The molecule has 0 bridgehead atoms. The van der Waals surface area contributed by atoms with Crippen LogP contribution < -0.4 is 0 Å². The Bertz CT molecular complexity index is 404. The number of carbonyl (C=O) groups is 2. The van der Waals surface area contributed by atoms with Gasteiger partial charge >= 0.3 is 5.97 Å². The molecule has 80 valence electrons. The number of rotatable bonds is 3. The average molecular weight is 231 g/mol. The fraction of sp³-hybridized carbons (Fsp3) is 0.200. The monoisotopic (exact) mass is 230 g/mol. The number of hydrogen-bond donors (Lipinski definition) is 0. The van der Waals surface area contributed by atoms with Crippen LogP contribution in [0.5, 0.6) is 0 Å². The van der Waals surface area contributed by atoms with Gasteiger partial charge in [0.25, 0.3) is 0 Å². The molecule has 0 unspecified atom stereocenters. The number of carbonyl (C=O) groups excluding carboxylic acids is 2. The van der Waals surface area contributed by atoms with Gasteiger partial charge in [-0.3, -0.25) is 9.59 Å². The molecule has 0 aromatic heterocycles. The van der Waals surface area contributed by atoms with Crippen LogP contribution in [0, 0.1) is 5.82 Å². The lowest BCUT2D eigenvalue weighted by Crippen LogP contribution is -2.09. The molecule has 3 nitrogen and oxygen atoms in total. The van der Waals surface area contributed by atoms with Crippen molar-refractivity contribution in [1.29, 1.82) is 0 Å². The lowest BCUT2D eigenvalue weighted by Gasteiger charge is -2.06. The minimum absolute atomic E-state index is 0.0120. The first-order valence-corrected chi connectivity index (χ1v) is 4.46. The molecule has 0 spiro atoms. The molecular weight excluding hydrogens is 223 g/mol. The normalized spacial score (nSPS) is 9.80. The molecule has 0 heterocycles. The highest BCUT2D eigenvalue weighted by atomic mass is 35.5. The molecule has 1 aromatic rings. The minimum Gasteiger partial charge on any atom is -0.469 e. The highest BCUT2D eigenvalue weighted by Crippen LogP contribution is 2.21. The molecule has 1 rings (SSSR count). The van der Waals surface area contributed by atoms with Gasteiger partial charge in [0.15, 0.2) is 6.29 Å². The van der Waals surface area contributed by atoms with Crippen LogP contribution in [0.15, 0.2) is 12.1 Å². The summed E-state index contributed by atoms with van der Waals surface area (Å²) < 4.78 is 17.7. The van der Waals surface area contributed by atoms with E-state index in [9.17, 15) is 14.0 Å². The molecule has 0 fully saturated rings. The molecule has 0 aliphatic rings. The Morgan fingerprint density at radius 3 is 2.80 bits per heavy atom. The number of esters is 1. The van der Waals surface area contributed by atoms with Crippen LogP contribution in [-0.4, -0.2) is 19.4 Å². The van der Waals surface area contributed by atoms with Gasteiger partial charge in [-0.2, -0.15) is 0 Å². The van der Waals surface area contributed by atoms with Crippen LogP contribution in [0.3, 0.4) is 0 Å². The van der Waals surface area contributed by atoms with Crippen LogP contribution >= 0.6 is 11.6 Å². The Labute approximate surface area is 90.8 Å². The van der Waals surface area contributed by atoms with E-state index in [0.717, 1.165) is 6.07 Å². The lowest BCUT2D eigenvalue weighted by atomic mass is 10.0. The van der Waals surface area contributed by atoms with Crippen molar-refractivity contribution >= 4 is 23.9 Å². The highest BCUT2D eigenvalue weighted by molar-refractivity contribution is 6.33. The van der Waals surface area contributed by atoms with E-state index >= 15 is 0 Å². The number of aldehydes is 1. The Kier molecular flexibility index (Phi) is 3.80. The predicted molar refractivity (Wildman–Crippen MR) is 52.5 cm³/mol. The van der Waals surface area contributed by atoms with Crippen molar-refractivity contribution in [3.05, 3.63) is 34.1 Å². The third-order valence-electron chi connectivity index (χ3n) is 1.91. The van der Waals surface area contributed by atoms with Crippen molar-refractivity contribution in [1.82, 2.24) is 0 Å². The molecule has 0 atom stereocenters. The van der Waals surface area contributed by atoms with Crippen molar-refractivity contribution < 1.29 is 18.7 Å². The van der Waals surface area contributed by atoms with E-state index in [0.29, 0.717) is 6.29 Å². The molecule has 0 amide bonds. The van der Waals surface area contributed by atoms with E-state index < -0.39 is 11.8 Å². The van der Waals surface area contributed by atoms with Gasteiger partial charge in [0.05, 0.1) is 18.6 Å². The molecular formula is C10H8ClFO3. The second-order valence-corrected chi connectivity index (χ2v) is 3.20. The largest absolute Gasteiger partial charge is 0.469 e. The molecule has 0 saturated carbocycles. The molecule has 0 aliphatic heterocycles. The summed E-state index contributed by atoms with van der Waals surface area (Å²) in [5.41, 5.74) is -0.0496. The maximum absolute atomic E-state index is 13.3. The van der Waals surface area contributed by atoms with E-state index in [1.165, 1.54) is 13.2 Å². The zero-order valence-electron chi connectivity index (χ0n) is 7.92. The third kappa shape index (κ3) is 2.53. The second kappa shape index (κ2) is 4.89. The molecule has 1 aromatic carbocycles. The quantitative estimate of drug-likeness (QED) is 0.589. The zero-order valence-corrected chi connectivity index (χ0v) is 8.68. The summed E-state index contributed by atoms with van der Waals surface area (Å²) in [6.07, 6.45) is 0.112. The van der Waals surface area contributed by atoms with Crippen LogP contribution in [0.1, 0.15) is 15.9 Å². The summed E-state index contributed by atoms with van der Waals surface area (Å²) in [7, 11) is 1.19. The average Bonchev–Trinajstić information content (AvgIpc) is 2.23. The topological polar surface area (TPSA) is 43.4 Å². The van der Waals surface area contributed by atoms with E-state index in [-0.39, 0.29) is 22.6 Å². The maximum atomic E-state index is 13.3. The number of ether oxygens (including phenoxy) is 1. The third-order valence-corrected chi connectivity index (χ3v) is 2.24. The molecule has 0 saturated heterocycles. The number of benzene rings is 1. The summed E-state index contributed by atoms with van der Waals surface area (Å²) in [5, 5.41) is 0.116. The summed E-state index contributed by atoms with van der Waals surface area (Å²) >= 11 is 5.68. The fourth-order valence-corrected chi connectivity index (χ4v) is 1.35. The summed E-state index contributed by atoms with van der Waals surface area (Å²) in [4.78, 5) is 21.6. The molecule has 5 heteroatoms. The Morgan fingerprint density at radius 1 is 1.60 bits per heavy atom. The van der Waals surface area contributed by atoms with Crippen molar-refractivity contribution in [3.63, 3.8) is 0 Å². The zero-order chi connectivity index (χ0) is 11.4. The summed E-state index contributed by atoms with van der Waals surface area (Å²) in [6, 6.07) is 2.37. The fourth-order valence-electron chi connectivity index (χ4n) is 1.13. The van der Waals surface area contributed by atoms with Gasteiger partial charge in [0, 0.05) is 11.1 Å². The minimum atomic E-state index is -0.646. The number of methoxy groups -OCH3 is 1. The van der Waals surface area contributed by atoms with Crippen LogP contribution in [-0.2, 0) is 16.0 Å². The number of hydrogen-bond acceptors (Lipinski definition) is 3. The van der Waals surface area contributed by atoms with Gasteiger partial charge in [-0.25, -0.2) is 4.39 Å². The number of halogens is 2. The molecule has 0 N–H and O–H groups in total. The summed E-state index contributed by atoms with van der Waals surface area (Å²) in [6.45, 7) is 0. The first-order chi connectivity index (χ1) is 7.10. The molecule has 15 heavy (non-hydrogen) atoms. The predicted octanol–water partition coefficient (Wildman–Crippen LogP) is 2.01. The van der Waals surface area contributed by atoms with Gasteiger partial charge in [-0.05, 0) is 12.1 Å². The van der Waals surface area contributed by atoms with E-state index in [2.05, 4.69) is 4.74 Å². The van der Waals surface area contributed by atoms with Gasteiger partial charge in [-0.1, -0.05) is 11.6 Å². The van der Waals surface area contributed by atoms with Crippen molar-refractivity contribution in [3.8, 4) is 0 Å². The van der Waals surface area contributed by atoms with Crippen LogP contribution in [0.4, 0.5) is 4.39 Å².